The standard InChI is InChI=1S/C17H14N6OS/c1-11-16(25-21-20-11)17(24)23-15(8-9-18-23)14-10-19-22(12(14)2)13-6-4-3-5-7-13/h3-10H,1-2H3. The zero-order chi connectivity index (χ0) is 17.4. The van der Waals surface area contributed by atoms with Gasteiger partial charge in [0.25, 0.3) is 5.91 Å². The Morgan fingerprint density at radius 1 is 1.08 bits per heavy atom. The van der Waals surface area contributed by atoms with Crippen molar-refractivity contribution in [2.75, 3.05) is 0 Å². The maximum atomic E-state index is 12.8. The van der Waals surface area contributed by atoms with Crippen LogP contribution < -0.4 is 0 Å². The molecule has 8 heteroatoms. The second-order valence-corrected chi connectivity index (χ2v) is 6.27. The predicted octanol–water partition coefficient (Wildman–Crippen LogP) is 2.89. The normalized spacial score (nSPS) is 11.0. The summed E-state index contributed by atoms with van der Waals surface area (Å²) in [6.45, 7) is 3.73. The van der Waals surface area contributed by atoms with Gasteiger partial charge >= 0.3 is 0 Å². The molecule has 0 atom stereocenters. The number of benzene rings is 1. The summed E-state index contributed by atoms with van der Waals surface area (Å²) in [5, 5.41) is 12.6. The van der Waals surface area contributed by atoms with Crippen LogP contribution in [0.5, 0.6) is 0 Å². The van der Waals surface area contributed by atoms with Crippen LogP contribution in [0.1, 0.15) is 21.1 Å². The minimum Gasteiger partial charge on any atom is -0.266 e. The van der Waals surface area contributed by atoms with E-state index in [1.807, 2.05) is 41.9 Å². The molecule has 1 aromatic carbocycles. The monoisotopic (exact) mass is 350 g/mol. The number of para-hydroxylation sites is 1. The predicted molar refractivity (Wildman–Crippen MR) is 93.9 cm³/mol. The van der Waals surface area contributed by atoms with E-state index in [4.69, 9.17) is 0 Å². The summed E-state index contributed by atoms with van der Waals surface area (Å²) in [4.78, 5) is 13.3. The molecule has 0 radical (unpaired) electrons. The van der Waals surface area contributed by atoms with Gasteiger partial charge in [0.05, 0.1) is 35.2 Å². The Bertz CT molecular complexity index is 1050. The van der Waals surface area contributed by atoms with E-state index in [0.29, 0.717) is 16.3 Å². The first-order valence-electron chi connectivity index (χ1n) is 7.65. The summed E-state index contributed by atoms with van der Waals surface area (Å²) in [7, 11) is 0. The zero-order valence-corrected chi connectivity index (χ0v) is 14.4. The minimum atomic E-state index is -0.237. The van der Waals surface area contributed by atoms with E-state index in [-0.39, 0.29) is 5.91 Å². The third kappa shape index (κ3) is 2.56. The Morgan fingerprint density at radius 2 is 1.88 bits per heavy atom. The SMILES string of the molecule is Cc1nnsc1C(=O)n1nccc1-c1cnn(-c2ccccc2)c1C. The van der Waals surface area contributed by atoms with Gasteiger partial charge in [0.15, 0.2) is 0 Å². The first-order valence-corrected chi connectivity index (χ1v) is 8.42. The fourth-order valence-electron chi connectivity index (χ4n) is 2.68. The van der Waals surface area contributed by atoms with Crippen molar-refractivity contribution in [1.29, 1.82) is 0 Å². The number of aromatic nitrogens is 6. The maximum Gasteiger partial charge on any atom is 0.292 e. The molecule has 0 aliphatic carbocycles. The van der Waals surface area contributed by atoms with Gasteiger partial charge in [-0.2, -0.15) is 14.9 Å². The van der Waals surface area contributed by atoms with Gasteiger partial charge in [0, 0.05) is 5.56 Å². The summed E-state index contributed by atoms with van der Waals surface area (Å²) in [5.41, 5.74) is 4.04. The van der Waals surface area contributed by atoms with Gasteiger partial charge in [-0.15, -0.1) is 5.10 Å². The van der Waals surface area contributed by atoms with Gasteiger partial charge in [-0.25, -0.2) is 4.68 Å². The van der Waals surface area contributed by atoms with Gasteiger partial charge in [0.1, 0.15) is 4.88 Å². The molecule has 0 saturated carbocycles. The molecule has 0 N–H and O–H groups in total. The number of aryl methyl sites for hydroxylation is 1. The lowest BCUT2D eigenvalue weighted by Crippen LogP contribution is -2.14. The molecule has 0 unspecified atom stereocenters. The van der Waals surface area contributed by atoms with Crippen molar-refractivity contribution < 1.29 is 4.79 Å². The van der Waals surface area contributed by atoms with Crippen LogP contribution in [-0.4, -0.2) is 35.1 Å². The summed E-state index contributed by atoms with van der Waals surface area (Å²) in [5.74, 6) is -0.237. The molecule has 3 heterocycles. The summed E-state index contributed by atoms with van der Waals surface area (Å²) in [6.07, 6.45) is 3.36. The van der Waals surface area contributed by atoms with E-state index in [1.165, 1.54) is 4.68 Å². The van der Waals surface area contributed by atoms with Crippen LogP contribution in [0.15, 0.2) is 48.8 Å². The second kappa shape index (κ2) is 6.06. The van der Waals surface area contributed by atoms with Crippen molar-refractivity contribution in [2.45, 2.75) is 13.8 Å². The van der Waals surface area contributed by atoms with Crippen LogP contribution in [0, 0.1) is 13.8 Å². The van der Waals surface area contributed by atoms with Crippen molar-refractivity contribution in [3.8, 4) is 16.9 Å². The average molecular weight is 350 g/mol. The van der Waals surface area contributed by atoms with Gasteiger partial charge in [-0.1, -0.05) is 22.7 Å². The molecular formula is C17H14N6OS. The Balaban J connectivity index is 1.78. The highest BCUT2D eigenvalue weighted by molar-refractivity contribution is 7.08. The molecule has 0 fully saturated rings. The Labute approximate surface area is 147 Å². The molecular weight excluding hydrogens is 336 g/mol. The zero-order valence-electron chi connectivity index (χ0n) is 13.6. The fraction of sp³-hybridized carbons (Fsp3) is 0.118. The smallest absolute Gasteiger partial charge is 0.266 e. The van der Waals surface area contributed by atoms with Crippen LogP contribution >= 0.6 is 11.5 Å². The molecule has 4 rings (SSSR count). The molecule has 7 nitrogen and oxygen atoms in total. The third-order valence-corrected chi connectivity index (χ3v) is 4.78. The van der Waals surface area contributed by atoms with Crippen molar-refractivity contribution in [3.05, 3.63) is 65.1 Å². The largest absolute Gasteiger partial charge is 0.292 e. The topological polar surface area (TPSA) is 78.5 Å². The number of carbonyl (C=O) groups is 1. The van der Waals surface area contributed by atoms with Crippen LogP contribution in [0.4, 0.5) is 0 Å². The quantitative estimate of drug-likeness (QED) is 0.568. The number of carbonyl (C=O) groups excluding carboxylic acids is 1. The minimum absolute atomic E-state index is 0.237. The van der Waals surface area contributed by atoms with E-state index in [2.05, 4.69) is 19.8 Å². The first kappa shape index (κ1) is 15.4. The van der Waals surface area contributed by atoms with Gasteiger partial charge in [-0.05, 0) is 43.6 Å². The molecule has 4 aromatic rings. The van der Waals surface area contributed by atoms with Crippen LogP contribution in [0.3, 0.4) is 0 Å². The highest BCUT2D eigenvalue weighted by atomic mass is 32.1. The van der Waals surface area contributed by atoms with Crippen LogP contribution in [0.25, 0.3) is 16.9 Å². The van der Waals surface area contributed by atoms with Gasteiger partial charge < -0.3 is 0 Å². The molecule has 0 amide bonds. The third-order valence-electron chi connectivity index (χ3n) is 3.97. The van der Waals surface area contributed by atoms with Gasteiger partial charge in [-0.3, -0.25) is 4.79 Å². The first-order chi connectivity index (χ1) is 12.2. The Hall–Kier alpha value is -3.13. The highest BCUT2D eigenvalue weighted by Gasteiger charge is 2.21. The second-order valence-electron chi connectivity index (χ2n) is 5.51. The number of hydrogen-bond acceptors (Lipinski definition) is 6. The summed E-state index contributed by atoms with van der Waals surface area (Å²) < 4.78 is 7.05. The maximum absolute atomic E-state index is 12.8. The lowest BCUT2D eigenvalue weighted by Gasteiger charge is -2.07. The molecule has 3 aromatic heterocycles. The Kier molecular flexibility index (Phi) is 3.73. The van der Waals surface area contributed by atoms with E-state index in [1.54, 1.807) is 25.4 Å². The molecule has 0 saturated heterocycles. The fourth-order valence-corrected chi connectivity index (χ4v) is 3.27. The highest BCUT2D eigenvalue weighted by Crippen LogP contribution is 2.26. The Morgan fingerprint density at radius 3 is 2.60 bits per heavy atom. The summed E-state index contributed by atoms with van der Waals surface area (Å²) >= 11 is 1.07. The van der Waals surface area contributed by atoms with E-state index >= 15 is 0 Å². The van der Waals surface area contributed by atoms with E-state index in [9.17, 15) is 4.79 Å². The van der Waals surface area contributed by atoms with Crippen LogP contribution in [0.2, 0.25) is 0 Å². The molecule has 124 valence electrons. The number of hydrogen-bond donors (Lipinski definition) is 0. The summed E-state index contributed by atoms with van der Waals surface area (Å²) in [6, 6.07) is 11.7. The number of rotatable bonds is 3. The van der Waals surface area contributed by atoms with E-state index < -0.39 is 0 Å². The van der Waals surface area contributed by atoms with Crippen LogP contribution in [-0.2, 0) is 0 Å². The lowest BCUT2D eigenvalue weighted by atomic mass is 10.2. The lowest BCUT2D eigenvalue weighted by molar-refractivity contribution is 0.0950. The molecule has 0 bridgehead atoms. The molecule has 25 heavy (non-hydrogen) atoms. The van der Waals surface area contributed by atoms with Crippen molar-refractivity contribution in [2.24, 2.45) is 0 Å². The van der Waals surface area contributed by atoms with Crippen molar-refractivity contribution in [3.63, 3.8) is 0 Å². The number of nitrogens with zero attached hydrogens (tertiary/aromatic N) is 6. The van der Waals surface area contributed by atoms with E-state index in [0.717, 1.165) is 28.5 Å². The average Bonchev–Trinajstić information content (AvgIpc) is 3.34. The van der Waals surface area contributed by atoms with Crippen molar-refractivity contribution >= 4 is 17.4 Å². The van der Waals surface area contributed by atoms with Crippen molar-refractivity contribution in [1.82, 2.24) is 29.1 Å². The molecule has 0 aliphatic heterocycles. The molecule has 0 spiro atoms. The van der Waals surface area contributed by atoms with Gasteiger partial charge in [0.2, 0.25) is 0 Å². The molecule has 0 aliphatic rings.